The quantitative estimate of drug-likeness (QED) is 0.506. The number of hydrogen-bond acceptors (Lipinski definition) is 5. The van der Waals surface area contributed by atoms with Crippen molar-refractivity contribution in [3.63, 3.8) is 0 Å². The standard InChI is InChI=1S/C25H30N4O4/c1-17(2)19-10-12-21(13-11-19)29-25(32)28(16-20-9-6-5-8-18(20)3)24(31)22(27-29)23(30)26-14-7-15-33-4/h5-6,8-13,17H,7,14-16H2,1-4H3,(H,26,30). The normalized spacial score (nSPS) is 11.1. The van der Waals surface area contributed by atoms with Gasteiger partial charge in [0.25, 0.3) is 11.5 Å². The van der Waals surface area contributed by atoms with E-state index in [-0.39, 0.29) is 12.2 Å². The predicted octanol–water partition coefficient (Wildman–Crippen LogP) is 2.64. The molecule has 0 aliphatic rings. The van der Waals surface area contributed by atoms with E-state index in [0.29, 0.717) is 31.2 Å². The summed E-state index contributed by atoms with van der Waals surface area (Å²) >= 11 is 0. The van der Waals surface area contributed by atoms with E-state index in [1.165, 1.54) is 0 Å². The minimum absolute atomic E-state index is 0.0426. The van der Waals surface area contributed by atoms with Crippen molar-refractivity contribution in [3.05, 3.63) is 91.8 Å². The Balaban J connectivity index is 2.10. The van der Waals surface area contributed by atoms with Crippen LogP contribution in [-0.2, 0) is 11.3 Å². The second kappa shape index (κ2) is 10.9. The maximum Gasteiger partial charge on any atom is 0.352 e. The summed E-state index contributed by atoms with van der Waals surface area (Å²) in [5.41, 5.74) is 1.70. The summed E-state index contributed by atoms with van der Waals surface area (Å²) < 4.78 is 7.17. The van der Waals surface area contributed by atoms with Gasteiger partial charge >= 0.3 is 5.69 Å². The van der Waals surface area contributed by atoms with E-state index >= 15 is 0 Å². The summed E-state index contributed by atoms with van der Waals surface area (Å²) in [5, 5.41) is 6.86. The highest BCUT2D eigenvalue weighted by Crippen LogP contribution is 2.16. The molecule has 3 aromatic rings. The summed E-state index contributed by atoms with van der Waals surface area (Å²) in [5.74, 6) is -0.297. The summed E-state index contributed by atoms with van der Waals surface area (Å²) in [6.07, 6.45) is 0.593. The molecule has 0 saturated carbocycles. The van der Waals surface area contributed by atoms with Crippen LogP contribution in [-0.4, -0.2) is 40.5 Å². The fourth-order valence-corrected chi connectivity index (χ4v) is 3.43. The van der Waals surface area contributed by atoms with Gasteiger partial charge < -0.3 is 10.1 Å². The highest BCUT2D eigenvalue weighted by atomic mass is 16.5. The van der Waals surface area contributed by atoms with Gasteiger partial charge in [-0.15, -0.1) is 0 Å². The molecule has 0 aliphatic heterocycles. The lowest BCUT2D eigenvalue weighted by atomic mass is 10.0. The molecule has 1 heterocycles. The zero-order valence-corrected chi connectivity index (χ0v) is 19.5. The van der Waals surface area contributed by atoms with E-state index in [1.54, 1.807) is 19.2 Å². The van der Waals surface area contributed by atoms with Gasteiger partial charge in [-0.2, -0.15) is 9.78 Å². The number of hydrogen-bond donors (Lipinski definition) is 1. The molecule has 8 nitrogen and oxygen atoms in total. The topological polar surface area (TPSA) is 95.2 Å². The van der Waals surface area contributed by atoms with Gasteiger partial charge in [0, 0.05) is 20.3 Å². The van der Waals surface area contributed by atoms with E-state index in [1.807, 2.05) is 43.3 Å². The molecule has 2 aromatic carbocycles. The molecule has 0 bridgehead atoms. The summed E-state index contributed by atoms with van der Waals surface area (Å²) in [6, 6.07) is 14.9. The number of aromatic nitrogens is 3. The van der Waals surface area contributed by atoms with Crippen molar-refractivity contribution in [1.82, 2.24) is 19.7 Å². The number of carbonyl (C=O) groups excluding carboxylic acids is 1. The molecule has 0 aliphatic carbocycles. The van der Waals surface area contributed by atoms with Crippen LogP contribution in [0.5, 0.6) is 0 Å². The van der Waals surface area contributed by atoms with Crippen LogP contribution >= 0.6 is 0 Å². The van der Waals surface area contributed by atoms with Crippen molar-refractivity contribution in [2.24, 2.45) is 0 Å². The molecule has 1 aromatic heterocycles. The van der Waals surface area contributed by atoms with E-state index in [2.05, 4.69) is 24.3 Å². The second-order valence-corrected chi connectivity index (χ2v) is 8.21. The fourth-order valence-electron chi connectivity index (χ4n) is 3.43. The first-order chi connectivity index (χ1) is 15.8. The zero-order valence-electron chi connectivity index (χ0n) is 19.5. The molecule has 3 rings (SSSR count). The Labute approximate surface area is 192 Å². The lowest BCUT2D eigenvalue weighted by Gasteiger charge is -2.14. The van der Waals surface area contributed by atoms with Crippen molar-refractivity contribution in [2.75, 3.05) is 20.3 Å². The maximum absolute atomic E-state index is 13.3. The minimum atomic E-state index is -0.720. The average Bonchev–Trinajstić information content (AvgIpc) is 2.80. The van der Waals surface area contributed by atoms with Crippen LogP contribution in [0.15, 0.2) is 58.1 Å². The molecule has 0 fully saturated rings. The maximum atomic E-state index is 13.3. The first kappa shape index (κ1) is 24.1. The van der Waals surface area contributed by atoms with Crippen LogP contribution in [0.1, 0.15) is 53.4 Å². The van der Waals surface area contributed by atoms with Gasteiger partial charge in [0.2, 0.25) is 5.69 Å². The van der Waals surface area contributed by atoms with Crippen LogP contribution in [0.4, 0.5) is 0 Å². The van der Waals surface area contributed by atoms with Crippen molar-refractivity contribution in [3.8, 4) is 5.69 Å². The molecule has 1 amide bonds. The Morgan fingerprint density at radius 3 is 2.42 bits per heavy atom. The SMILES string of the molecule is COCCCNC(=O)c1nn(-c2ccc(C(C)C)cc2)c(=O)n(Cc2ccccc2C)c1=O. The molecule has 0 saturated heterocycles. The first-order valence-electron chi connectivity index (χ1n) is 11.0. The van der Waals surface area contributed by atoms with Crippen molar-refractivity contribution < 1.29 is 9.53 Å². The molecule has 1 N–H and O–H groups in total. The Bertz CT molecular complexity index is 1230. The Morgan fingerprint density at radius 1 is 1.09 bits per heavy atom. The third-order valence-corrected chi connectivity index (χ3v) is 5.48. The second-order valence-electron chi connectivity index (χ2n) is 8.21. The van der Waals surface area contributed by atoms with E-state index in [0.717, 1.165) is 25.9 Å². The molecule has 0 spiro atoms. The van der Waals surface area contributed by atoms with Gasteiger partial charge in [0.1, 0.15) is 0 Å². The Hall–Kier alpha value is -3.52. The third-order valence-electron chi connectivity index (χ3n) is 5.48. The summed E-state index contributed by atoms with van der Waals surface area (Å²) in [7, 11) is 1.58. The van der Waals surface area contributed by atoms with Gasteiger partial charge in [-0.05, 0) is 48.1 Å². The molecule has 0 unspecified atom stereocenters. The molecular formula is C25H30N4O4. The highest BCUT2D eigenvalue weighted by molar-refractivity contribution is 5.91. The largest absolute Gasteiger partial charge is 0.385 e. The smallest absolute Gasteiger partial charge is 0.352 e. The van der Waals surface area contributed by atoms with Crippen LogP contribution in [0, 0.1) is 6.92 Å². The van der Waals surface area contributed by atoms with Gasteiger partial charge in [-0.25, -0.2) is 4.79 Å². The number of methoxy groups -OCH3 is 1. The molecule has 0 atom stereocenters. The third kappa shape index (κ3) is 5.64. The number of carbonyl (C=O) groups is 1. The van der Waals surface area contributed by atoms with E-state index < -0.39 is 17.2 Å². The lowest BCUT2D eigenvalue weighted by Crippen LogP contribution is -2.46. The van der Waals surface area contributed by atoms with Crippen LogP contribution < -0.4 is 16.6 Å². The number of aryl methyl sites for hydroxylation is 1. The van der Waals surface area contributed by atoms with Crippen LogP contribution in [0.3, 0.4) is 0 Å². The van der Waals surface area contributed by atoms with Gasteiger partial charge in [-0.1, -0.05) is 50.2 Å². The van der Waals surface area contributed by atoms with Crippen LogP contribution in [0.2, 0.25) is 0 Å². The van der Waals surface area contributed by atoms with Gasteiger partial charge in [0.05, 0.1) is 12.2 Å². The number of ether oxygens (including phenoxy) is 1. The van der Waals surface area contributed by atoms with Crippen molar-refractivity contribution in [1.29, 1.82) is 0 Å². The number of amides is 1. The van der Waals surface area contributed by atoms with Crippen LogP contribution in [0.25, 0.3) is 5.69 Å². The van der Waals surface area contributed by atoms with Gasteiger partial charge in [0.15, 0.2) is 0 Å². The predicted molar refractivity (Wildman–Crippen MR) is 127 cm³/mol. The monoisotopic (exact) mass is 450 g/mol. The highest BCUT2D eigenvalue weighted by Gasteiger charge is 2.20. The van der Waals surface area contributed by atoms with E-state index in [4.69, 9.17) is 4.74 Å². The molecule has 33 heavy (non-hydrogen) atoms. The van der Waals surface area contributed by atoms with E-state index in [9.17, 15) is 14.4 Å². The lowest BCUT2D eigenvalue weighted by molar-refractivity contribution is 0.0938. The molecular weight excluding hydrogens is 420 g/mol. The minimum Gasteiger partial charge on any atom is -0.385 e. The molecule has 174 valence electrons. The van der Waals surface area contributed by atoms with Crippen molar-refractivity contribution >= 4 is 5.91 Å². The first-order valence-corrected chi connectivity index (χ1v) is 11.0. The molecule has 8 heteroatoms. The summed E-state index contributed by atoms with van der Waals surface area (Å²) in [6.45, 7) is 6.91. The zero-order chi connectivity index (χ0) is 24.0. The van der Waals surface area contributed by atoms with Gasteiger partial charge in [-0.3, -0.25) is 14.2 Å². The fraction of sp³-hybridized carbons (Fsp3) is 0.360. The molecule has 0 radical (unpaired) electrons. The average molecular weight is 451 g/mol. The number of benzene rings is 2. The Morgan fingerprint density at radius 2 is 1.79 bits per heavy atom. The number of nitrogens with zero attached hydrogens (tertiary/aromatic N) is 3. The van der Waals surface area contributed by atoms with Crippen molar-refractivity contribution in [2.45, 2.75) is 39.7 Å². The summed E-state index contributed by atoms with van der Waals surface area (Å²) in [4.78, 5) is 39.3. The Kier molecular flexibility index (Phi) is 7.95. The number of nitrogens with one attached hydrogen (secondary N) is 1. The number of rotatable bonds is 9.